The summed E-state index contributed by atoms with van der Waals surface area (Å²) in [5.74, 6) is -2.69. The summed E-state index contributed by atoms with van der Waals surface area (Å²) in [6.45, 7) is 7.59. The molecule has 0 saturated carbocycles. The summed E-state index contributed by atoms with van der Waals surface area (Å²) in [4.78, 5) is 51.3. The van der Waals surface area contributed by atoms with Gasteiger partial charge < -0.3 is 31.9 Å². The lowest BCUT2D eigenvalue weighted by atomic mass is 9.99. The minimum atomic E-state index is -1.18. The van der Waals surface area contributed by atoms with Crippen molar-refractivity contribution >= 4 is 23.7 Å². The molecule has 0 fully saturated rings. The smallest absolute Gasteiger partial charge is 0.326 e. The van der Waals surface area contributed by atoms with Crippen molar-refractivity contribution in [3.05, 3.63) is 65.7 Å². The molecule has 2 aromatic rings. The van der Waals surface area contributed by atoms with Crippen LogP contribution >= 0.6 is 0 Å². The lowest BCUT2D eigenvalue weighted by Crippen LogP contribution is -2.57. The molecule has 0 bridgehead atoms. The first kappa shape index (κ1) is 32.3. The van der Waals surface area contributed by atoms with E-state index in [-0.39, 0.29) is 36.8 Å². The van der Waals surface area contributed by atoms with Crippen LogP contribution in [0.5, 0.6) is 5.75 Å². The molecule has 0 aromatic heterocycles. The molecule has 10 nitrogen and oxygen atoms in total. The average Bonchev–Trinajstić information content (AvgIpc) is 2.88. The number of nitrogens with two attached hydrogens (primary N) is 1. The predicted octanol–water partition coefficient (Wildman–Crippen LogP) is 2.14. The molecule has 218 valence electrons. The highest BCUT2D eigenvalue weighted by Crippen LogP contribution is 2.13. The standard InChI is InChI=1S/C30H42N4O6/c1-18(2)14-24(32-27(36)23(31)16-21-10-12-22(35)13-11-21)28(37)33-25(15-19(3)4)29(38)34-26(30(39)40)17-20-8-6-5-7-9-20/h5-13,18-19,23-26,35H,14-17,31H2,1-4H3,(H,32,36)(H,33,37)(H,34,38)(H,39,40)/t23-,24-,25-,26-/m0/s1. The lowest BCUT2D eigenvalue weighted by molar-refractivity contribution is -0.142. The Labute approximate surface area is 235 Å². The van der Waals surface area contributed by atoms with Crippen molar-refractivity contribution < 1.29 is 29.4 Å². The Balaban J connectivity index is 2.12. The van der Waals surface area contributed by atoms with Gasteiger partial charge in [-0.05, 0) is 54.4 Å². The van der Waals surface area contributed by atoms with Gasteiger partial charge in [0.1, 0.15) is 23.9 Å². The highest BCUT2D eigenvalue weighted by molar-refractivity contribution is 5.94. The van der Waals surface area contributed by atoms with E-state index in [0.29, 0.717) is 6.42 Å². The number of aromatic hydroxyl groups is 1. The number of amides is 3. The van der Waals surface area contributed by atoms with Gasteiger partial charge in [-0.3, -0.25) is 14.4 Å². The Morgan fingerprint density at radius 3 is 1.60 bits per heavy atom. The largest absolute Gasteiger partial charge is 0.508 e. The molecule has 0 spiro atoms. The minimum absolute atomic E-state index is 0.0188. The van der Waals surface area contributed by atoms with Gasteiger partial charge in [0.2, 0.25) is 17.7 Å². The second-order valence-electron chi connectivity index (χ2n) is 10.9. The van der Waals surface area contributed by atoms with Crippen LogP contribution in [-0.2, 0) is 32.0 Å². The molecule has 0 saturated heterocycles. The molecular weight excluding hydrogens is 512 g/mol. The number of rotatable bonds is 15. The van der Waals surface area contributed by atoms with Crippen LogP contribution < -0.4 is 21.7 Å². The molecule has 10 heteroatoms. The monoisotopic (exact) mass is 554 g/mol. The number of carbonyl (C=O) groups excluding carboxylic acids is 3. The first-order valence-electron chi connectivity index (χ1n) is 13.6. The molecule has 0 unspecified atom stereocenters. The first-order chi connectivity index (χ1) is 18.8. The normalized spacial score (nSPS) is 14.2. The molecule has 0 aliphatic heterocycles. The third-order valence-corrected chi connectivity index (χ3v) is 6.31. The maximum atomic E-state index is 13.3. The van der Waals surface area contributed by atoms with E-state index in [0.717, 1.165) is 11.1 Å². The van der Waals surface area contributed by atoms with E-state index >= 15 is 0 Å². The Bertz CT molecular complexity index is 1120. The first-order valence-corrected chi connectivity index (χ1v) is 13.6. The third-order valence-electron chi connectivity index (χ3n) is 6.31. The Morgan fingerprint density at radius 1 is 0.675 bits per heavy atom. The Hall–Kier alpha value is -3.92. The molecule has 7 N–H and O–H groups in total. The SMILES string of the molecule is CC(C)C[C@H](NC(=O)[C@H](CC(C)C)NC(=O)[C@@H](N)Cc1ccc(O)cc1)C(=O)N[C@@H](Cc1ccccc1)C(=O)O. The summed E-state index contributed by atoms with van der Waals surface area (Å²) < 4.78 is 0. The van der Waals surface area contributed by atoms with E-state index in [4.69, 9.17) is 5.73 Å². The summed E-state index contributed by atoms with van der Waals surface area (Å²) in [5.41, 5.74) is 7.61. The topological polar surface area (TPSA) is 171 Å². The molecule has 0 radical (unpaired) electrons. The number of carbonyl (C=O) groups is 4. The second kappa shape index (κ2) is 15.6. The van der Waals surface area contributed by atoms with Crippen LogP contribution in [0.25, 0.3) is 0 Å². The maximum absolute atomic E-state index is 13.3. The number of carboxylic acid groups (broad SMARTS) is 1. The molecule has 2 aromatic carbocycles. The lowest BCUT2D eigenvalue weighted by Gasteiger charge is -2.27. The van der Waals surface area contributed by atoms with Crippen LogP contribution in [0.2, 0.25) is 0 Å². The van der Waals surface area contributed by atoms with Crippen LogP contribution in [0.15, 0.2) is 54.6 Å². The molecule has 2 rings (SSSR count). The van der Waals surface area contributed by atoms with Gasteiger partial charge in [-0.2, -0.15) is 0 Å². The molecular formula is C30H42N4O6. The predicted molar refractivity (Wildman–Crippen MR) is 152 cm³/mol. The fourth-order valence-electron chi connectivity index (χ4n) is 4.26. The van der Waals surface area contributed by atoms with E-state index in [9.17, 15) is 29.4 Å². The third kappa shape index (κ3) is 11.1. The quantitative estimate of drug-likeness (QED) is 0.196. The Kier molecular flexibility index (Phi) is 12.6. The highest BCUT2D eigenvalue weighted by Gasteiger charge is 2.31. The summed E-state index contributed by atoms with van der Waals surface area (Å²) in [6, 6.07) is 11.2. The number of phenols is 1. The van der Waals surface area contributed by atoms with Gasteiger partial charge >= 0.3 is 5.97 Å². The van der Waals surface area contributed by atoms with Crippen molar-refractivity contribution in [1.82, 2.24) is 16.0 Å². The van der Waals surface area contributed by atoms with Crippen molar-refractivity contribution in [3.63, 3.8) is 0 Å². The van der Waals surface area contributed by atoms with E-state index in [2.05, 4.69) is 16.0 Å². The van der Waals surface area contributed by atoms with Gasteiger partial charge in [-0.25, -0.2) is 4.79 Å². The number of carboxylic acids is 1. The molecule has 0 aliphatic rings. The number of aliphatic carboxylic acids is 1. The number of benzene rings is 2. The number of hydrogen-bond donors (Lipinski definition) is 6. The molecule has 3 amide bonds. The fraction of sp³-hybridized carbons (Fsp3) is 0.467. The average molecular weight is 555 g/mol. The minimum Gasteiger partial charge on any atom is -0.508 e. The van der Waals surface area contributed by atoms with E-state index in [1.807, 2.05) is 33.8 Å². The molecule has 0 heterocycles. The van der Waals surface area contributed by atoms with Crippen molar-refractivity contribution in [2.45, 2.75) is 77.5 Å². The Morgan fingerprint density at radius 2 is 1.12 bits per heavy atom. The van der Waals surface area contributed by atoms with E-state index < -0.39 is 47.9 Å². The van der Waals surface area contributed by atoms with Crippen molar-refractivity contribution in [3.8, 4) is 5.75 Å². The van der Waals surface area contributed by atoms with E-state index in [1.54, 1.807) is 36.4 Å². The van der Waals surface area contributed by atoms with Crippen LogP contribution in [0.1, 0.15) is 51.7 Å². The summed E-state index contributed by atoms with van der Waals surface area (Å²) in [5, 5.41) is 27.2. The van der Waals surface area contributed by atoms with Gasteiger partial charge in [0.25, 0.3) is 0 Å². The van der Waals surface area contributed by atoms with Gasteiger partial charge in [0, 0.05) is 6.42 Å². The van der Waals surface area contributed by atoms with Crippen molar-refractivity contribution in [2.75, 3.05) is 0 Å². The molecule has 40 heavy (non-hydrogen) atoms. The fourth-order valence-corrected chi connectivity index (χ4v) is 4.26. The van der Waals surface area contributed by atoms with Gasteiger partial charge in [-0.1, -0.05) is 70.2 Å². The molecule has 0 aliphatic carbocycles. The zero-order valence-corrected chi connectivity index (χ0v) is 23.6. The zero-order valence-electron chi connectivity index (χ0n) is 23.6. The van der Waals surface area contributed by atoms with Crippen LogP contribution in [0.3, 0.4) is 0 Å². The van der Waals surface area contributed by atoms with Gasteiger partial charge in [0.05, 0.1) is 6.04 Å². The van der Waals surface area contributed by atoms with Gasteiger partial charge in [-0.15, -0.1) is 0 Å². The second-order valence-corrected chi connectivity index (χ2v) is 10.9. The van der Waals surface area contributed by atoms with Crippen molar-refractivity contribution in [1.29, 1.82) is 0 Å². The summed E-state index contributed by atoms with van der Waals surface area (Å²) in [7, 11) is 0. The van der Waals surface area contributed by atoms with Crippen LogP contribution in [0, 0.1) is 11.8 Å². The number of phenolic OH excluding ortho intramolecular Hbond substituents is 1. The summed E-state index contributed by atoms with van der Waals surface area (Å²) in [6.07, 6.45) is 0.886. The molecule has 4 atom stereocenters. The number of hydrogen-bond acceptors (Lipinski definition) is 6. The van der Waals surface area contributed by atoms with Gasteiger partial charge in [0.15, 0.2) is 0 Å². The van der Waals surface area contributed by atoms with Crippen LogP contribution in [0.4, 0.5) is 0 Å². The van der Waals surface area contributed by atoms with Crippen molar-refractivity contribution in [2.24, 2.45) is 17.6 Å². The maximum Gasteiger partial charge on any atom is 0.326 e. The van der Waals surface area contributed by atoms with Crippen LogP contribution in [-0.4, -0.2) is 58.1 Å². The number of nitrogens with one attached hydrogen (secondary N) is 3. The highest BCUT2D eigenvalue weighted by atomic mass is 16.4. The van der Waals surface area contributed by atoms with E-state index in [1.165, 1.54) is 12.1 Å². The summed E-state index contributed by atoms with van der Waals surface area (Å²) >= 11 is 0. The zero-order chi connectivity index (χ0) is 29.8.